The van der Waals surface area contributed by atoms with Crippen LogP contribution in [0.25, 0.3) is 22.0 Å². The second-order valence-corrected chi connectivity index (χ2v) is 7.65. The SMILES string of the molecule is CNc1ncc(-c2ccn(CC(C)C)n2)c2cc(C3(C(N)=O)CC3)ncc12. The van der Waals surface area contributed by atoms with Crippen molar-refractivity contribution in [2.24, 2.45) is 11.7 Å². The van der Waals surface area contributed by atoms with E-state index in [1.54, 1.807) is 6.20 Å². The largest absolute Gasteiger partial charge is 0.373 e. The first-order chi connectivity index (χ1) is 12.9. The van der Waals surface area contributed by atoms with E-state index in [9.17, 15) is 4.79 Å². The van der Waals surface area contributed by atoms with Crippen molar-refractivity contribution in [2.75, 3.05) is 12.4 Å². The predicted molar refractivity (Wildman–Crippen MR) is 105 cm³/mol. The molecule has 0 unspecified atom stereocenters. The Kier molecular flexibility index (Phi) is 4.09. The van der Waals surface area contributed by atoms with Gasteiger partial charge in [-0.05, 0) is 36.3 Å². The summed E-state index contributed by atoms with van der Waals surface area (Å²) in [5.74, 6) is 0.957. The molecule has 3 aromatic heterocycles. The van der Waals surface area contributed by atoms with Crippen molar-refractivity contribution in [1.29, 1.82) is 0 Å². The van der Waals surface area contributed by atoms with Crippen molar-refractivity contribution in [3.05, 3.63) is 36.4 Å². The summed E-state index contributed by atoms with van der Waals surface area (Å²) in [6.07, 6.45) is 7.10. The molecule has 1 fully saturated rings. The number of rotatable bonds is 6. The van der Waals surface area contributed by atoms with E-state index in [-0.39, 0.29) is 5.91 Å². The molecule has 0 spiro atoms. The molecule has 3 aromatic rings. The number of carbonyl (C=O) groups excluding carboxylic acids is 1. The van der Waals surface area contributed by atoms with Crippen LogP contribution in [-0.2, 0) is 16.8 Å². The monoisotopic (exact) mass is 364 g/mol. The molecule has 0 saturated heterocycles. The van der Waals surface area contributed by atoms with Crippen molar-refractivity contribution >= 4 is 22.5 Å². The number of amides is 1. The van der Waals surface area contributed by atoms with Crippen LogP contribution < -0.4 is 11.1 Å². The number of hydrogen-bond acceptors (Lipinski definition) is 5. The molecule has 3 heterocycles. The van der Waals surface area contributed by atoms with Gasteiger partial charge in [0.05, 0.1) is 16.8 Å². The van der Waals surface area contributed by atoms with Crippen molar-refractivity contribution in [2.45, 2.75) is 38.6 Å². The minimum absolute atomic E-state index is 0.306. The normalized spacial score (nSPS) is 15.3. The van der Waals surface area contributed by atoms with Gasteiger partial charge in [-0.3, -0.25) is 14.5 Å². The topological polar surface area (TPSA) is 98.7 Å². The highest BCUT2D eigenvalue weighted by atomic mass is 16.1. The van der Waals surface area contributed by atoms with Gasteiger partial charge in [0.25, 0.3) is 0 Å². The molecule has 1 amide bonds. The number of nitrogens with one attached hydrogen (secondary N) is 1. The summed E-state index contributed by atoms with van der Waals surface area (Å²) in [6, 6.07) is 3.98. The number of nitrogens with two attached hydrogens (primary N) is 1. The van der Waals surface area contributed by atoms with E-state index in [1.165, 1.54) is 0 Å². The summed E-state index contributed by atoms with van der Waals surface area (Å²) >= 11 is 0. The first-order valence-electron chi connectivity index (χ1n) is 9.25. The van der Waals surface area contributed by atoms with Gasteiger partial charge in [-0.25, -0.2) is 4.98 Å². The lowest BCUT2D eigenvalue weighted by Crippen LogP contribution is -2.29. The Morgan fingerprint density at radius 2 is 2.07 bits per heavy atom. The maximum Gasteiger partial charge on any atom is 0.229 e. The maximum atomic E-state index is 11.9. The van der Waals surface area contributed by atoms with E-state index >= 15 is 0 Å². The molecule has 7 nitrogen and oxygen atoms in total. The van der Waals surface area contributed by atoms with E-state index in [1.807, 2.05) is 36.3 Å². The quantitative estimate of drug-likeness (QED) is 0.701. The molecule has 0 radical (unpaired) electrons. The fourth-order valence-electron chi connectivity index (χ4n) is 3.54. The van der Waals surface area contributed by atoms with Gasteiger partial charge >= 0.3 is 0 Å². The molecule has 3 N–H and O–H groups in total. The highest BCUT2D eigenvalue weighted by Crippen LogP contribution is 2.48. The predicted octanol–water partition coefficient (Wildman–Crippen LogP) is 2.71. The fourth-order valence-corrected chi connectivity index (χ4v) is 3.54. The van der Waals surface area contributed by atoms with Gasteiger partial charge in [-0.15, -0.1) is 0 Å². The Balaban J connectivity index is 1.87. The van der Waals surface area contributed by atoms with Crippen LogP contribution in [0.5, 0.6) is 0 Å². The van der Waals surface area contributed by atoms with Gasteiger partial charge in [0.1, 0.15) is 5.82 Å². The van der Waals surface area contributed by atoms with Crippen LogP contribution in [0.2, 0.25) is 0 Å². The average Bonchev–Trinajstić information content (AvgIpc) is 3.35. The van der Waals surface area contributed by atoms with Crippen molar-refractivity contribution in [1.82, 2.24) is 19.7 Å². The second-order valence-electron chi connectivity index (χ2n) is 7.65. The third-order valence-electron chi connectivity index (χ3n) is 5.19. The molecule has 0 bridgehead atoms. The first-order valence-corrected chi connectivity index (χ1v) is 9.25. The molecule has 4 rings (SSSR count). The summed E-state index contributed by atoms with van der Waals surface area (Å²) in [6.45, 7) is 5.19. The highest BCUT2D eigenvalue weighted by molar-refractivity contribution is 6.01. The lowest BCUT2D eigenvalue weighted by Gasteiger charge is -2.14. The molecule has 140 valence electrons. The molecule has 27 heavy (non-hydrogen) atoms. The van der Waals surface area contributed by atoms with Crippen molar-refractivity contribution in [3.63, 3.8) is 0 Å². The fraction of sp³-hybridized carbons (Fsp3) is 0.400. The second kappa shape index (κ2) is 6.33. The van der Waals surface area contributed by atoms with E-state index in [4.69, 9.17) is 10.8 Å². The zero-order valence-electron chi connectivity index (χ0n) is 15.9. The summed E-state index contributed by atoms with van der Waals surface area (Å²) in [4.78, 5) is 21.0. The molecule has 1 aliphatic rings. The average molecular weight is 364 g/mol. The number of pyridine rings is 2. The van der Waals surface area contributed by atoms with Crippen LogP contribution in [0.1, 0.15) is 32.4 Å². The number of anilines is 1. The van der Waals surface area contributed by atoms with Gasteiger partial charge < -0.3 is 11.1 Å². The summed E-state index contributed by atoms with van der Waals surface area (Å²) < 4.78 is 1.95. The molecule has 1 saturated carbocycles. The number of fused-ring (bicyclic) bond motifs is 1. The Hall–Kier alpha value is -2.96. The molecule has 0 aliphatic heterocycles. The van der Waals surface area contributed by atoms with Gasteiger partial charge in [-0.2, -0.15) is 5.10 Å². The van der Waals surface area contributed by atoms with Crippen LogP contribution in [0.3, 0.4) is 0 Å². The smallest absolute Gasteiger partial charge is 0.229 e. The lowest BCUT2D eigenvalue weighted by molar-refractivity contribution is -0.120. The lowest BCUT2D eigenvalue weighted by atomic mass is 9.97. The zero-order valence-corrected chi connectivity index (χ0v) is 15.9. The number of carbonyl (C=O) groups is 1. The van der Waals surface area contributed by atoms with Crippen LogP contribution in [-0.4, -0.2) is 32.7 Å². The summed E-state index contributed by atoms with van der Waals surface area (Å²) in [5.41, 5.74) is 7.54. The van der Waals surface area contributed by atoms with Gasteiger partial charge in [0, 0.05) is 43.1 Å². The Labute approximate surface area is 158 Å². The minimum Gasteiger partial charge on any atom is -0.373 e. The third kappa shape index (κ3) is 2.93. The maximum absolute atomic E-state index is 11.9. The van der Waals surface area contributed by atoms with Crippen molar-refractivity contribution < 1.29 is 4.79 Å². The van der Waals surface area contributed by atoms with Crippen LogP contribution >= 0.6 is 0 Å². The minimum atomic E-state index is -0.620. The highest BCUT2D eigenvalue weighted by Gasteiger charge is 2.51. The van der Waals surface area contributed by atoms with Crippen LogP contribution in [0.4, 0.5) is 5.82 Å². The molecular weight excluding hydrogens is 340 g/mol. The number of nitrogens with zero attached hydrogens (tertiary/aromatic N) is 4. The van der Waals surface area contributed by atoms with E-state index in [0.29, 0.717) is 5.92 Å². The number of hydrogen-bond donors (Lipinski definition) is 2. The standard InChI is InChI=1S/C20H24N6O/c1-12(2)11-26-7-4-16(25-26)14-9-24-18(22-3)15-10-23-17(8-13(14)15)20(5-6-20)19(21)27/h4,7-10,12H,5-6,11H2,1-3H3,(H2,21,27)(H,22,24). The van der Waals surface area contributed by atoms with Crippen LogP contribution in [0, 0.1) is 5.92 Å². The van der Waals surface area contributed by atoms with E-state index < -0.39 is 5.41 Å². The molecular formula is C20H24N6O. The molecule has 0 aromatic carbocycles. The van der Waals surface area contributed by atoms with Gasteiger partial charge in [0.15, 0.2) is 0 Å². The Bertz CT molecular complexity index is 1020. The van der Waals surface area contributed by atoms with Gasteiger partial charge in [0.2, 0.25) is 5.91 Å². The third-order valence-corrected chi connectivity index (χ3v) is 5.19. The number of primary amides is 1. The molecule has 7 heteroatoms. The molecule has 0 atom stereocenters. The number of aromatic nitrogens is 4. The van der Waals surface area contributed by atoms with Crippen LogP contribution in [0.15, 0.2) is 30.7 Å². The first kappa shape index (κ1) is 17.5. The van der Waals surface area contributed by atoms with Crippen molar-refractivity contribution in [3.8, 4) is 11.3 Å². The van der Waals surface area contributed by atoms with E-state index in [0.717, 1.165) is 52.9 Å². The van der Waals surface area contributed by atoms with Gasteiger partial charge in [-0.1, -0.05) is 13.8 Å². The Morgan fingerprint density at radius 1 is 1.30 bits per heavy atom. The summed E-state index contributed by atoms with van der Waals surface area (Å²) in [5, 5.41) is 9.70. The molecule has 1 aliphatic carbocycles. The summed E-state index contributed by atoms with van der Waals surface area (Å²) in [7, 11) is 1.83. The Morgan fingerprint density at radius 3 is 2.70 bits per heavy atom. The zero-order chi connectivity index (χ0) is 19.2. The van der Waals surface area contributed by atoms with E-state index in [2.05, 4.69) is 29.1 Å².